The first-order chi connectivity index (χ1) is 10.2. The fraction of sp³-hybridized carbons (Fsp3) is 0.188. The molecule has 2 heterocycles. The molecule has 5 heteroatoms. The Hall–Kier alpha value is -1.94. The van der Waals surface area contributed by atoms with Crippen molar-refractivity contribution in [3.63, 3.8) is 0 Å². The van der Waals surface area contributed by atoms with Gasteiger partial charge in [0.25, 0.3) is 0 Å². The van der Waals surface area contributed by atoms with E-state index in [-0.39, 0.29) is 5.41 Å². The van der Waals surface area contributed by atoms with E-state index in [1.54, 1.807) is 10.7 Å². The summed E-state index contributed by atoms with van der Waals surface area (Å²) < 4.78 is 2.81. The maximum absolute atomic E-state index is 9.25. The highest BCUT2D eigenvalue weighted by Crippen LogP contribution is 2.47. The summed E-state index contributed by atoms with van der Waals surface area (Å²) in [6.45, 7) is 0. The zero-order chi connectivity index (χ0) is 14.4. The molecule has 0 amide bonds. The number of nitrogens with zero attached hydrogens (tertiary/aromatic N) is 4. The molecule has 1 fully saturated rings. The Labute approximate surface area is 135 Å². The zero-order valence-electron chi connectivity index (χ0n) is 11.1. The molecule has 1 aliphatic rings. The summed E-state index contributed by atoms with van der Waals surface area (Å²) in [7, 11) is 0. The fourth-order valence-corrected chi connectivity index (χ4v) is 3.04. The van der Waals surface area contributed by atoms with Gasteiger partial charge in [-0.2, -0.15) is 10.4 Å². The predicted octanol–water partition coefficient (Wildman–Crippen LogP) is 3.56. The molecule has 2 aromatic heterocycles. The van der Waals surface area contributed by atoms with Crippen LogP contribution in [0.4, 0.5) is 0 Å². The summed E-state index contributed by atoms with van der Waals surface area (Å²) >= 11 is 2.24. The fourth-order valence-electron chi connectivity index (χ4n) is 2.55. The van der Waals surface area contributed by atoms with Gasteiger partial charge in [-0.1, -0.05) is 24.3 Å². The SMILES string of the molecule is N#CC1(c2ccc(-c3ccn4ncc(I)c4n3)cc2)CC1. The molecule has 21 heavy (non-hydrogen) atoms. The van der Waals surface area contributed by atoms with E-state index in [4.69, 9.17) is 0 Å². The van der Waals surface area contributed by atoms with Gasteiger partial charge in [-0.25, -0.2) is 9.50 Å². The minimum atomic E-state index is -0.225. The van der Waals surface area contributed by atoms with Crippen LogP contribution < -0.4 is 0 Å². The number of fused-ring (bicyclic) bond motifs is 1. The molecular formula is C16H11IN4. The van der Waals surface area contributed by atoms with Crippen LogP contribution in [0.1, 0.15) is 18.4 Å². The van der Waals surface area contributed by atoms with Crippen LogP contribution in [0.2, 0.25) is 0 Å². The van der Waals surface area contributed by atoms with E-state index < -0.39 is 0 Å². The summed E-state index contributed by atoms with van der Waals surface area (Å²) in [6, 6.07) is 12.6. The molecule has 4 rings (SSSR count). The molecule has 0 saturated heterocycles. The molecule has 1 aliphatic carbocycles. The highest BCUT2D eigenvalue weighted by atomic mass is 127. The molecule has 0 bridgehead atoms. The Bertz CT molecular complexity index is 869. The highest BCUT2D eigenvalue weighted by Gasteiger charge is 2.44. The first-order valence-corrected chi connectivity index (χ1v) is 7.82. The van der Waals surface area contributed by atoms with Gasteiger partial charge in [0.2, 0.25) is 0 Å². The van der Waals surface area contributed by atoms with Gasteiger partial charge in [-0.05, 0) is 47.1 Å². The van der Waals surface area contributed by atoms with E-state index in [1.165, 1.54) is 0 Å². The number of hydrogen-bond acceptors (Lipinski definition) is 3. The van der Waals surface area contributed by atoms with Crippen molar-refractivity contribution in [1.82, 2.24) is 14.6 Å². The van der Waals surface area contributed by atoms with Crippen molar-refractivity contribution in [2.75, 3.05) is 0 Å². The molecule has 1 saturated carbocycles. The lowest BCUT2D eigenvalue weighted by atomic mass is 9.96. The normalized spacial score (nSPS) is 15.8. The minimum absolute atomic E-state index is 0.225. The van der Waals surface area contributed by atoms with Crippen LogP contribution in [0.25, 0.3) is 16.9 Å². The molecule has 4 nitrogen and oxygen atoms in total. The van der Waals surface area contributed by atoms with Gasteiger partial charge < -0.3 is 0 Å². The highest BCUT2D eigenvalue weighted by molar-refractivity contribution is 14.1. The topological polar surface area (TPSA) is 54.0 Å². The summed E-state index contributed by atoms with van der Waals surface area (Å²) in [5.41, 5.74) is 3.75. The van der Waals surface area contributed by atoms with Crippen LogP contribution in [-0.4, -0.2) is 14.6 Å². The van der Waals surface area contributed by atoms with Gasteiger partial charge in [-0.15, -0.1) is 0 Å². The van der Waals surface area contributed by atoms with Crippen LogP contribution in [0.3, 0.4) is 0 Å². The number of rotatable bonds is 2. The Morgan fingerprint density at radius 2 is 1.95 bits per heavy atom. The van der Waals surface area contributed by atoms with Crippen molar-refractivity contribution in [2.24, 2.45) is 0 Å². The molecule has 102 valence electrons. The van der Waals surface area contributed by atoms with E-state index in [9.17, 15) is 5.26 Å². The lowest BCUT2D eigenvalue weighted by Crippen LogP contribution is -2.01. The maximum Gasteiger partial charge on any atom is 0.168 e. The van der Waals surface area contributed by atoms with Gasteiger partial charge in [0.15, 0.2) is 5.65 Å². The summed E-state index contributed by atoms with van der Waals surface area (Å²) in [6.07, 6.45) is 5.67. The van der Waals surface area contributed by atoms with Gasteiger partial charge in [-0.3, -0.25) is 0 Å². The summed E-state index contributed by atoms with van der Waals surface area (Å²) in [4.78, 5) is 4.66. The number of benzene rings is 1. The molecule has 0 N–H and O–H groups in total. The largest absolute Gasteiger partial charge is 0.227 e. The standard InChI is InChI=1S/C16H11IN4/c17-13-9-19-21-8-5-14(20-15(13)21)11-1-3-12(4-2-11)16(10-18)6-7-16/h1-5,8-9H,6-7H2. The van der Waals surface area contributed by atoms with E-state index in [2.05, 4.69) is 63.0 Å². The van der Waals surface area contributed by atoms with Gasteiger partial charge in [0.05, 0.1) is 26.9 Å². The number of hydrogen-bond donors (Lipinski definition) is 0. The smallest absolute Gasteiger partial charge is 0.168 e. The first kappa shape index (κ1) is 12.8. The van der Waals surface area contributed by atoms with Crippen molar-refractivity contribution < 1.29 is 0 Å². The minimum Gasteiger partial charge on any atom is -0.227 e. The first-order valence-electron chi connectivity index (χ1n) is 6.74. The van der Waals surface area contributed by atoms with Gasteiger partial charge in [0, 0.05) is 11.8 Å². The summed E-state index contributed by atoms with van der Waals surface area (Å²) in [5.74, 6) is 0. The third-order valence-corrected chi connectivity index (χ3v) is 4.78. The van der Waals surface area contributed by atoms with Gasteiger partial charge in [0.1, 0.15) is 0 Å². The number of aromatic nitrogens is 3. The molecule has 0 aliphatic heterocycles. The van der Waals surface area contributed by atoms with Crippen LogP contribution in [0.5, 0.6) is 0 Å². The van der Waals surface area contributed by atoms with Crippen molar-refractivity contribution >= 4 is 28.2 Å². The van der Waals surface area contributed by atoms with Crippen molar-refractivity contribution in [3.8, 4) is 17.3 Å². The van der Waals surface area contributed by atoms with Crippen molar-refractivity contribution in [3.05, 3.63) is 51.9 Å². The molecule has 1 aromatic carbocycles. The van der Waals surface area contributed by atoms with E-state index in [1.807, 2.05) is 12.3 Å². The molecular weight excluding hydrogens is 375 g/mol. The lowest BCUT2D eigenvalue weighted by Gasteiger charge is -2.07. The van der Waals surface area contributed by atoms with Crippen LogP contribution >= 0.6 is 22.6 Å². The molecule has 0 atom stereocenters. The van der Waals surface area contributed by atoms with E-state index in [0.717, 1.165) is 38.9 Å². The van der Waals surface area contributed by atoms with E-state index in [0.29, 0.717) is 0 Å². The van der Waals surface area contributed by atoms with Crippen LogP contribution in [0, 0.1) is 14.9 Å². The predicted molar refractivity (Wildman–Crippen MR) is 87.7 cm³/mol. The average Bonchev–Trinajstić information content (AvgIpc) is 3.26. The van der Waals surface area contributed by atoms with Gasteiger partial charge >= 0.3 is 0 Å². The van der Waals surface area contributed by atoms with Crippen molar-refractivity contribution in [1.29, 1.82) is 5.26 Å². The monoisotopic (exact) mass is 386 g/mol. The Balaban J connectivity index is 1.75. The zero-order valence-corrected chi connectivity index (χ0v) is 13.3. The second kappa shape index (κ2) is 4.53. The Morgan fingerprint density at radius 1 is 1.19 bits per heavy atom. The Kier molecular flexibility index (Phi) is 2.76. The lowest BCUT2D eigenvalue weighted by molar-refractivity contribution is 0.908. The van der Waals surface area contributed by atoms with E-state index >= 15 is 0 Å². The van der Waals surface area contributed by atoms with Crippen LogP contribution in [-0.2, 0) is 5.41 Å². The summed E-state index contributed by atoms with van der Waals surface area (Å²) in [5, 5.41) is 13.5. The second-order valence-corrected chi connectivity index (χ2v) is 6.51. The molecule has 0 unspecified atom stereocenters. The third-order valence-electron chi connectivity index (χ3n) is 4.02. The molecule has 0 radical (unpaired) electrons. The van der Waals surface area contributed by atoms with Crippen LogP contribution in [0.15, 0.2) is 42.7 Å². The second-order valence-electron chi connectivity index (χ2n) is 5.34. The van der Waals surface area contributed by atoms with Crippen molar-refractivity contribution in [2.45, 2.75) is 18.3 Å². The third kappa shape index (κ3) is 2.02. The number of nitriles is 1. The quantitative estimate of drug-likeness (QED) is 0.633. The molecule has 3 aromatic rings. The number of halogens is 1. The Morgan fingerprint density at radius 3 is 2.62 bits per heavy atom. The molecule has 0 spiro atoms. The average molecular weight is 386 g/mol. The maximum atomic E-state index is 9.25.